The van der Waals surface area contributed by atoms with Gasteiger partial charge in [0.25, 0.3) is 0 Å². The third-order valence-corrected chi connectivity index (χ3v) is 1.95. The molecule has 2 rings (SSSR count). The van der Waals surface area contributed by atoms with Crippen LogP contribution in [0.15, 0.2) is 18.3 Å². The molecule has 0 spiro atoms. The molecule has 4 N–H and O–H groups in total. The average molecular weight is 190 g/mol. The highest BCUT2D eigenvalue weighted by Gasteiger charge is 2.05. The number of carbonyl (C=O) groups excluding carboxylic acids is 1. The molecule has 1 heterocycles. The molecular weight excluding hydrogens is 180 g/mol. The van der Waals surface area contributed by atoms with Gasteiger partial charge in [0.05, 0.1) is 17.4 Å². The number of nitrogens with two attached hydrogens (primary N) is 1. The van der Waals surface area contributed by atoms with Gasteiger partial charge < -0.3 is 11.1 Å². The number of H-pyrrole nitrogens is 1. The van der Waals surface area contributed by atoms with E-state index in [9.17, 15) is 4.79 Å². The van der Waals surface area contributed by atoms with E-state index in [0.717, 1.165) is 16.5 Å². The van der Waals surface area contributed by atoms with Gasteiger partial charge in [-0.15, -0.1) is 0 Å². The summed E-state index contributed by atoms with van der Waals surface area (Å²) in [6.45, 7) is 1.94. The molecule has 14 heavy (non-hydrogen) atoms. The van der Waals surface area contributed by atoms with E-state index in [0.29, 0.717) is 5.69 Å². The van der Waals surface area contributed by atoms with E-state index in [1.165, 1.54) is 0 Å². The van der Waals surface area contributed by atoms with Crippen LogP contribution in [0.2, 0.25) is 0 Å². The molecule has 0 bridgehead atoms. The Labute approximate surface area is 80.3 Å². The van der Waals surface area contributed by atoms with Crippen LogP contribution in [0.25, 0.3) is 10.9 Å². The molecule has 0 aliphatic rings. The normalized spacial score (nSPS) is 10.4. The van der Waals surface area contributed by atoms with Crippen molar-refractivity contribution in [3.05, 3.63) is 23.9 Å². The summed E-state index contributed by atoms with van der Waals surface area (Å²) in [7, 11) is 0. The second-order valence-corrected chi connectivity index (χ2v) is 3.14. The molecule has 0 aliphatic carbocycles. The monoisotopic (exact) mass is 190 g/mol. The number of benzene rings is 1. The summed E-state index contributed by atoms with van der Waals surface area (Å²) in [4.78, 5) is 10.7. The number of nitrogens with zero attached hydrogens (tertiary/aromatic N) is 1. The van der Waals surface area contributed by atoms with Gasteiger partial charge in [0.15, 0.2) is 0 Å². The largest absolute Gasteiger partial charge is 0.351 e. The quantitative estimate of drug-likeness (QED) is 0.634. The number of aromatic amines is 1. The second-order valence-electron chi connectivity index (χ2n) is 3.14. The molecule has 5 nitrogen and oxygen atoms in total. The lowest BCUT2D eigenvalue weighted by molar-refractivity contribution is 0.259. The van der Waals surface area contributed by atoms with E-state index < -0.39 is 6.03 Å². The number of rotatable bonds is 1. The average Bonchev–Trinajstić information content (AvgIpc) is 2.50. The van der Waals surface area contributed by atoms with Crippen molar-refractivity contribution in [3.8, 4) is 0 Å². The number of aryl methyl sites for hydroxylation is 1. The van der Waals surface area contributed by atoms with Crippen LogP contribution < -0.4 is 11.1 Å². The number of primary amides is 1. The summed E-state index contributed by atoms with van der Waals surface area (Å²) < 4.78 is 0. The predicted molar refractivity (Wildman–Crippen MR) is 54.0 cm³/mol. The third-order valence-electron chi connectivity index (χ3n) is 1.95. The van der Waals surface area contributed by atoms with Crippen molar-refractivity contribution in [2.24, 2.45) is 5.73 Å². The number of amides is 2. The first-order valence-corrected chi connectivity index (χ1v) is 4.17. The summed E-state index contributed by atoms with van der Waals surface area (Å²) in [5.41, 5.74) is 7.54. The van der Waals surface area contributed by atoms with Crippen molar-refractivity contribution >= 4 is 22.6 Å². The molecule has 72 valence electrons. The summed E-state index contributed by atoms with van der Waals surface area (Å²) in [6, 6.07) is 3.24. The van der Waals surface area contributed by atoms with Crippen molar-refractivity contribution in [1.29, 1.82) is 0 Å². The maximum atomic E-state index is 10.7. The Morgan fingerprint density at radius 3 is 3.07 bits per heavy atom. The first kappa shape index (κ1) is 8.55. The van der Waals surface area contributed by atoms with Gasteiger partial charge in [-0.05, 0) is 24.6 Å². The number of nitrogens with one attached hydrogen (secondary N) is 2. The maximum Gasteiger partial charge on any atom is 0.316 e. The molecular formula is C9H10N4O. The lowest BCUT2D eigenvalue weighted by Crippen LogP contribution is -2.19. The first-order chi connectivity index (χ1) is 6.66. The Morgan fingerprint density at radius 1 is 1.57 bits per heavy atom. The van der Waals surface area contributed by atoms with Crippen LogP contribution >= 0.6 is 0 Å². The van der Waals surface area contributed by atoms with Crippen LogP contribution in [0.5, 0.6) is 0 Å². The molecule has 1 aromatic carbocycles. The summed E-state index contributed by atoms with van der Waals surface area (Å²) >= 11 is 0. The molecule has 0 atom stereocenters. The highest BCUT2D eigenvalue weighted by atomic mass is 16.2. The van der Waals surface area contributed by atoms with Crippen molar-refractivity contribution < 1.29 is 4.79 Å². The van der Waals surface area contributed by atoms with Gasteiger partial charge in [0, 0.05) is 5.39 Å². The minimum absolute atomic E-state index is 0.577. The number of hydrogen-bond acceptors (Lipinski definition) is 2. The van der Waals surface area contributed by atoms with E-state index in [4.69, 9.17) is 5.73 Å². The van der Waals surface area contributed by atoms with E-state index >= 15 is 0 Å². The molecule has 1 aromatic heterocycles. The molecule has 0 fully saturated rings. The fourth-order valence-electron chi connectivity index (χ4n) is 1.44. The Bertz CT molecular complexity index is 489. The van der Waals surface area contributed by atoms with E-state index in [2.05, 4.69) is 15.5 Å². The number of fused-ring (bicyclic) bond motifs is 1. The molecule has 0 saturated heterocycles. The fraction of sp³-hybridized carbons (Fsp3) is 0.111. The Hall–Kier alpha value is -2.04. The standard InChI is InChI=1S/C9H10N4O/c1-5-2-6-4-11-13-8(6)7(3-5)12-9(10)14/h2-4H,1H3,(H,11,13)(H3,10,12,14). The Morgan fingerprint density at radius 2 is 2.36 bits per heavy atom. The van der Waals surface area contributed by atoms with Crippen molar-refractivity contribution in [2.45, 2.75) is 6.92 Å². The van der Waals surface area contributed by atoms with Crippen LogP contribution in [0, 0.1) is 6.92 Å². The first-order valence-electron chi connectivity index (χ1n) is 4.17. The van der Waals surface area contributed by atoms with Gasteiger partial charge in [-0.2, -0.15) is 5.10 Å². The highest BCUT2D eigenvalue weighted by molar-refractivity contribution is 5.99. The van der Waals surface area contributed by atoms with Crippen LogP contribution in [0.3, 0.4) is 0 Å². The third kappa shape index (κ3) is 1.39. The topological polar surface area (TPSA) is 83.8 Å². The number of hydrogen-bond donors (Lipinski definition) is 3. The second kappa shape index (κ2) is 3.02. The minimum atomic E-state index is -0.577. The van der Waals surface area contributed by atoms with E-state index in [1.807, 2.05) is 19.1 Å². The SMILES string of the molecule is Cc1cc(NC(N)=O)c2[nH]ncc2c1. The Kier molecular flexibility index (Phi) is 1.85. The van der Waals surface area contributed by atoms with E-state index in [1.54, 1.807) is 6.20 Å². The molecule has 2 aromatic rings. The van der Waals surface area contributed by atoms with Gasteiger partial charge in [-0.1, -0.05) is 0 Å². The van der Waals surface area contributed by atoms with E-state index in [-0.39, 0.29) is 0 Å². The van der Waals surface area contributed by atoms with Crippen LogP contribution in [0.4, 0.5) is 10.5 Å². The summed E-state index contributed by atoms with van der Waals surface area (Å²) in [5, 5.41) is 10.2. The summed E-state index contributed by atoms with van der Waals surface area (Å²) in [5.74, 6) is 0. The van der Waals surface area contributed by atoms with Crippen LogP contribution in [-0.4, -0.2) is 16.2 Å². The maximum absolute atomic E-state index is 10.7. The minimum Gasteiger partial charge on any atom is -0.351 e. The number of aromatic nitrogens is 2. The zero-order valence-corrected chi connectivity index (χ0v) is 7.66. The van der Waals surface area contributed by atoms with Crippen molar-refractivity contribution in [1.82, 2.24) is 10.2 Å². The molecule has 0 radical (unpaired) electrons. The zero-order valence-electron chi connectivity index (χ0n) is 7.66. The lowest BCUT2D eigenvalue weighted by atomic mass is 10.1. The van der Waals surface area contributed by atoms with Gasteiger partial charge in [0.1, 0.15) is 0 Å². The Balaban J connectivity index is 2.60. The molecule has 0 aliphatic heterocycles. The molecule has 5 heteroatoms. The van der Waals surface area contributed by atoms with Crippen LogP contribution in [-0.2, 0) is 0 Å². The number of carbonyl (C=O) groups is 1. The zero-order chi connectivity index (χ0) is 10.1. The van der Waals surface area contributed by atoms with Gasteiger partial charge >= 0.3 is 6.03 Å². The highest BCUT2D eigenvalue weighted by Crippen LogP contribution is 2.22. The van der Waals surface area contributed by atoms with Crippen molar-refractivity contribution in [3.63, 3.8) is 0 Å². The smallest absolute Gasteiger partial charge is 0.316 e. The number of anilines is 1. The summed E-state index contributed by atoms with van der Waals surface area (Å²) in [6.07, 6.45) is 1.70. The van der Waals surface area contributed by atoms with Gasteiger partial charge in [-0.3, -0.25) is 5.10 Å². The molecule has 2 amide bonds. The lowest BCUT2D eigenvalue weighted by Gasteiger charge is -2.04. The molecule has 0 saturated carbocycles. The number of urea groups is 1. The van der Waals surface area contributed by atoms with Crippen LogP contribution in [0.1, 0.15) is 5.56 Å². The van der Waals surface area contributed by atoms with Gasteiger partial charge in [-0.25, -0.2) is 4.79 Å². The fourth-order valence-corrected chi connectivity index (χ4v) is 1.44. The predicted octanol–water partition coefficient (Wildman–Crippen LogP) is 1.36. The molecule has 0 unspecified atom stereocenters. The van der Waals surface area contributed by atoms with Crippen molar-refractivity contribution in [2.75, 3.05) is 5.32 Å². The van der Waals surface area contributed by atoms with Gasteiger partial charge in [0.2, 0.25) is 0 Å².